The van der Waals surface area contributed by atoms with Gasteiger partial charge in [0.25, 0.3) is 0 Å². The molecule has 2 saturated heterocycles. The lowest BCUT2D eigenvalue weighted by molar-refractivity contribution is -0.0367. The minimum Gasteiger partial charge on any atom is -0.376 e. The second-order valence-corrected chi connectivity index (χ2v) is 8.41. The Kier molecular flexibility index (Phi) is 9.87. The smallest absolute Gasteiger partial charge is 0.193 e. The van der Waals surface area contributed by atoms with Gasteiger partial charge in [0.1, 0.15) is 0 Å². The van der Waals surface area contributed by atoms with Crippen molar-refractivity contribution >= 4 is 5.96 Å². The molecule has 1 atom stereocenters. The van der Waals surface area contributed by atoms with Crippen molar-refractivity contribution in [2.24, 2.45) is 4.99 Å². The van der Waals surface area contributed by atoms with Gasteiger partial charge < -0.3 is 19.7 Å². The average molecular weight is 383 g/mol. The maximum atomic E-state index is 6.08. The third-order valence-electron chi connectivity index (χ3n) is 5.70. The molecule has 0 aliphatic carbocycles. The number of ether oxygens (including phenoxy) is 2. The Bertz CT molecular complexity index is 420. The molecule has 27 heavy (non-hydrogen) atoms. The summed E-state index contributed by atoms with van der Waals surface area (Å²) in [6.07, 6.45) is 6.31. The molecule has 0 bridgehead atoms. The van der Waals surface area contributed by atoms with Crippen LogP contribution in [0.1, 0.15) is 59.8 Å². The van der Waals surface area contributed by atoms with Gasteiger partial charge in [-0.3, -0.25) is 9.89 Å². The summed E-state index contributed by atoms with van der Waals surface area (Å²) in [6.45, 7) is 14.9. The van der Waals surface area contributed by atoms with Crippen LogP contribution in [-0.4, -0.2) is 86.5 Å². The maximum Gasteiger partial charge on any atom is 0.193 e. The van der Waals surface area contributed by atoms with E-state index in [1.165, 1.54) is 6.42 Å². The van der Waals surface area contributed by atoms with Crippen molar-refractivity contribution in [3.05, 3.63) is 0 Å². The van der Waals surface area contributed by atoms with Crippen molar-refractivity contribution < 1.29 is 9.47 Å². The zero-order valence-corrected chi connectivity index (χ0v) is 18.2. The molecular formula is C21H42N4O2. The molecule has 6 nitrogen and oxygen atoms in total. The average Bonchev–Trinajstić information content (AvgIpc) is 3.16. The zero-order valence-electron chi connectivity index (χ0n) is 18.2. The Balaban J connectivity index is 1.63. The fourth-order valence-corrected chi connectivity index (χ4v) is 4.16. The maximum absolute atomic E-state index is 6.08. The number of rotatable bonds is 9. The van der Waals surface area contributed by atoms with Crippen LogP contribution >= 0.6 is 0 Å². The first-order chi connectivity index (χ1) is 13.0. The number of aliphatic imine (C=N–C) groups is 1. The van der Waals surface area contributed by atoms with Crippen LogP contribution in [0.3, 0.4) is 0 Å². The lowest BCUT2D eigenvalue weighted by atomic mass is 10.1. The van der Waals surface area contributed by atoms with Crippen LogP contribution in [0.5, 0.6) is 0 Å². The highest BCUT2D eigenvalue weighted by atomic mass is 16.5. The van der Waals surface area contributed by atoms with E-state index in [0.29, 0.717) is 24.3 Å². The lowest BCUT2D eigenvalue weighted by Gasteiger charge is -2.35. The van der Waals surface area contributed by atoms with Crippen LogP contribution in [-0.2, 0) is 9.47 Å². The van der Waals surface area contributed by atoms with Gasteiger partial charge in [0.2, 0.25) is 0 Å². The van der Waals surface area contributed by atoms with E-state index < -0.39 is 0 Å². The summed E-state index contributed by atoms with van der Waals surface area (Å²) in [5.74, 6) is 1.04. The van der Waals surface area contributed by atoms with Crippen molar-refractivity contribution in [1.29, 1.82) is 0 Å². The van der Waals surface area contributed by atoms with Gasteiger partial charge in [-0.25, -0.2) is 0 Å². The van der Waals surface area contributed by atoms with E-state index in [9.17, 15) is 0 Å². The molecular weight excluding hydrogens is 340 g/mol. The standard InChI is InChI=1S/C21H42N4O2/c1-17(2)25(18(3)4)12-7-11-23-21(22-5)24-13-9-19(10-14-24)27-16-20-8-6-15-26-20/h17-20H,6-16H2,1-5H3,(H,22,23). The summed E-state index contributed by atoms with van der Waals surface area (Å²) in [4.78, 5) is 9.40. The molecule has 0 radical (unpaired) electrons. The first-order valence-electron chi connectivity index (χ1n) is 11.0. The molecule has 2 rings (SSSR count). The lowest BCUT2D eigenvalue weighted by Crippen LogP contribution is -2.48. The molecule has 2 aliphatic rings. The number of nitrogens with one attached hydrogen (secondary N) is 1. The summed E-state index contributed by atoms with van der Waals surface area (Å²) >= 11 is 0. The topological polar surface area (TPSA) is 49.3 Å². The number of hydrogen-bond acceptors (Lipinski definition) is 4. The fourth-order valence-electron chi connectivity index (χ4n) is 4.16. The van der Waals surface area contributed by atoms with E-state index in [1.807, 2.05) is 7.05 Å². The van der Waals surface area contributed by atoms with E-state index in [2.05, 4.69) is 47.8 Å². The SMILES string of the molecule is CN=C(NCCCN(C(C)C)C(C)C)N1CCC(OCC2CCCO2)CC1. The van der Waals surface area contributed by atoms with E-state index in [-0.39, 0.29) is 0 Å². The Morgan fingerprint density at radius 3 is 2.44 bits per heavy atom. The summed E-state index contributed by atoms with van der Waals surface area (Å²) in [5.41, 5.74) is 0. The quantitative estimate of drug-likeness (QED) is 0.377. The summed E-state index contributed by atoms with van der Waals surface area (Å²) in [6, 6.07) is 1.19. The van der Waals surface area contributed by atoms with E-state index >= 15 is 0 Å². The fraction of sp³-hybridized carbons (Fsp3) is 0.952. The van der Waals surface area contributed by atoms with Gasteiger partial charge in [-0.15, -0.1) is 0 Å². The predicted molar refractivity (Wildman–Crippen MR) is 112 cm³/mol. The molecule has 1 N–H and O–H groups in total. The second-order valence-electron chi connectivity index (χ2n) is 8.41. The molecule has 2 aliphatic heterocycles. The predicted octanol–water partition coefficient (Wildman–Crippen LogP) is 2.73. The van der Waals surface area contributed by atoms with Crippen LogP contribution < -0.4 is 5.32 Å². The molecule has 2 heterocycles. The largest absolute Gasteiger partial charge is 0.376 e. The highest BCUT2D eigenvalue weighted by molar-refractivity contribution is 5.79. The zero-order chi connectivity index (χ0) is 19.6. The van der Waals surface area contributed by atoms with Crippen molar-refractivity contribution in [2.75, 3.05) is 46.4 Å². The summed E-state index contributed by atoms with van der Waals surface area (Å²) in [7, 11) is 1.89. The first kappa shape index (κ1) is 22.4. The van der Waals surface area contributed by atoms with Gasteiger partial charge in [0, 0.05) is 51.9 Å². The van der Waals surface area contributed by atoms with Crippen LogP contribution in [0.15, 0.2) is 4.99 Å². The highest BCUT2D eigenvalue weighted by Gasteiger charge is 2.24. The monoisotopic (exact) mass is 382 g/mol. The summed E-state index contributed by atoms with van der Waals surface area (Å²) in [5, 5.41) is 3.55. The van der Waals surface area contributed by atoms with Crippen molar-refractivity contribution in [2.45, 2.75) is 84.1 Å². The molecule has 158 valence electrons. The number of likely N-dealkylation sites (tertiary alicyclic amines) is 1. The third kappa shape index (κ3) is 7.59. The van der Waals surface area contributed by atoms with Gasteiger partial charge in [-0.05, 0) is 59.8 Å². The highest BCUT2D eigenvalue weighted by Crippen LogP contribution is 2.17. The molecule has 0 saturated carbocycles. The van der Waals surface area contributed by atoms with Crippen molar-refractivity contribution in [3.63, 3.8) is 0 Å². The Morgan fingerprint density at radius 2 is 1.89 bits per heavy atom. The second kappa shape index (κ2) is 11.9. The molecule has 2 fully saturated rings. The molecule has 1 unspecified atom stereocenters. The van der Waals surface area contributed by atoms with E-state index in [0.717, 1.165) is 71.0 Å². The van der Waals surface area contributed by atoms with Gasteiger partial charge in [0.05, 0.1) is 18.8 Å². The minimum atomic E-state index is 0.328. The van der Waals surface area contributed by atoms with Crippen LogP contribution in [0, 0.1) is 0 Å². The van der Waals surface area contributed by atoms with Gasteiger partial charge >= 0.3 is 0 Å². The number of piperidine rings is 1. The first-order valence-corrected chi connectivity index (χ1v) is 11.0. The minimum absolute atomic E-state index is 0.328. The summed E-state index contributed by atoms with van der Waals surface area (Å²) < 4.78 is 11.7. The van der Waals surface area contributed by atoms with Crippen LogP contribution in [0.4, 0.5) is 0 Å². The third-order valence-corrected chi connectivity index (χ3v) is 5.70. The Labute approximate surface area is 166 Å². The molecule has 0 aromatic carbocycles. The van der Waals surface area contributed by atoms with E-state index in [1.54, 1.807) is 0 Å². The van der Waals surface area contributed by atoms with Crippen LogP contribution in [0.25, 0.3) is 0 Å². The Morgan fingerprint density at radius 1 is 1.19 bits per heavy atom. The molecule has 0 amide bonds. The molecule has 0 spiro atoms. The van der Waals surface area contributed by atoms with E-state index in [4.69, 9.17) is 9.47 Å². The number of nitrogens with zero attached hydrogens (tertiary/aromatic N) is 3. The normalized spacial score (nSPS) is 22.4. The van der Waals surface area contributed by atoms with Crippen LogP contribution in [0.2, 0.25) is 0 Å². The number of guanidine groups is 1. The number of hydrogen-bond donors (Lipinski definition) is 1. The van der Waals surface area contributed by atoms with Gasteiger partial charge in [0.15, 0.2) is 5.96 Å². The van der Waals surface area contributed by atoms with Crippen molar-refractivity contribution in [1.82, 2.24) is 15.1 Å². The molecule has 0 aromatic heterocycles. The van der Waals surface area contributed by atoms with Crippen molar-refractivity contribution in [3.8, 4) is 0 Å². The molecule has 6 heteroatoms. The Hall–Kier alpha value is -0.850. The van der Waals surface area contributed by atoms with Gasteiger partial charge in [-0.1, -0.05) is 0 Å². The molecule has 0 aromatic rings. The van der Waals surface area contributed by atoms with Gasteiger partial charge in [-0.2, -0.15) is 0 Å².